The van der Waals surface area contributed by atoms with Gasteiger partial charge in [-0.25, -0.2) is 0 Å². The van der Waals surface area contributed by atoms with Gasteiger partial charge in [-0.3, -0.25) is 0 Å². The van der Waals surface area contributed by atoms with Gasteiger partial charge >= 0.3 is 0 Å². The molecule has 0 aliphatic heterocycles. The predicted octanol–water partition coefficient (Wildman–Crippen LogP) is 2.89. The highest BCUT2D eigenvalue weighted by Crippen LogP contribution is 2.24. The summed E-state index contributed by atoms with van der Waals surface area (Å²) in [7, 11) is 1.62. The van der Waals surface area contributed by atoms with Crippen LogP contribution >= 0.6 is 12.2 Å². The third-order valence-corrected chi connectivity index (χ3v) is 3.31. The van der Waals surface area contributed by atoms with Gasteiger partial charge in [-0.1, -0.05) is 30.3 Å². The SMILES string of the molecule is COc1ccccc1NC(=S)N(CCO)c1ccccc1. The number of hydrogen-bond acceptors (Lipinski definition) is 3. The Balaban J connectivity index is 2.19. The molecule has 2 rings (SSSR count). The van der Waals surface area contributed by atoms with Gasteiger partial charge in [0.05, 0.1) is 19.4 Å². The lowest BCUT2D eigenvalue weighted by Gasteiger charge is -2.25. The molecule has 21 heavy (non-hydrogen) atoms. The summed E-state index contributed by atoms with van der Waals surface area (Å²) in [6.45, 7) is 0.438. The van der Waals surface area contributed by atoms with E-state index in [0.717, 1.165) is 17.1 Å². The van der Waals surface area contributed by atoms with Crippen LogP contribution in [0, 0.1) is 0 Å². The zero-order valence-electron chi connectivity index (χ0n) is 11.8. The van der Waals surface area contributed by atoms with Gasteiger partial charge in [0.1, 0.15) is 5.75 Å². The third-order valence-electron chi connectivity index (χ3n) is 2.99. The van der Waals surface area contributed by atoms with E-state index in [0.29, 0.717) is 11.7 Å². The molecule has 0 radical (unpaired) electrons. The average molecular weight is 302 g/mol. The van der Waals surface area contributed by atoms with Crippen molar-refractivity contribution in [3.63, 3.8) is 0 Å². The lowest BCUT2D eigenvalue weighted by atomic mass is 10.3. The van der Waals surface area contributed by atoms with Crippen LogP contribution < -0.4 is 15.0 Å². The lowest BCUT2D eigenvalue weighted by Crippen LogP contribution is -2.37. The number of thiocarbonyl (C=S) groups is 1. The van der Waals surface area contributed by atoms with Crippen molar-refractivity contribution >= 4 is 28.7 Å². The Labute approximate surface area is 130 Å². The molecule has 2 aromatic carbocycles. The summed E-state index contributed by atoms with van der Waals surface area (Å²) in [6.07, 6.45) is 0. The molecule has 2 N–H and O–H groups in total. The van der Waals surface area contributed by atoms with E-state index in [4.69, 9.17) is 17.0 Å². The van der Waals surface area contributed by atoms with Gasteiger partial charge in [0, 0.05) is 12.2 Å². The molecule has 0 heterocycles. The van der Waals surface area contributed by atoms with E-state index in [1.807, 2.05) is 59.5 Å². The van der Waals surface area contributed by atoms with Crippen molar-refractivity contribution in [1.29, 1.82) is 0 Å². The number of methoxy groups -OCH3 is 1. The molecule has 0 bridgehead atoms. The smallest absolute Gasteiger partial charge is 0.178 e. The summed E-state index contributed by atoms with van der Waals surface area (Å²) < 4.78 is 5.30. The number of benzene rings is 2. The van der Waals surface area contributed by atoms with Gasteiger partial charge < -0.3 is 20.1 Å². The number of hydrogen-bond donors (Lipinski definition) is 2. The Morgan fingerprint density at radius 1 is 1.14 bits per heavy atom. The molecule has 2 aromatic rings. The molecule has 0 aliphatic rings. The Morgan fingerprint density at radius 3 is 2.48 bits per heavy atom. The minimum atomic E-state index is 0.0165. The molecule has 0 atom stereocenters. The van der Waals surface area contributed by atoms with E-state index in [1.54, 1.807) is 7.11 Å². The molecular weight excluding hydrogens is 284 g/mol. The van der Waals surface area contributed by atoms with E-state index < -0.39 is 0 Å². The maximum atomic E-state index is 9.26. The number of aliphatic hydroxyl groups is 1. The molecule has 4 nitrogen and oxygen atoms in total. The Kier molecular flexibility index (Phi) is 5.54. The molecule has 5 heteroatoms. The van der Waals surface area contributed by atoms with Crippen LogP contribution in [0.3, 0.4) is 0 Å². The molecule has 0 saturated carbocycles. The van der Waals surface area contributed by atoms with Crippen LogP contribution in [0.1, 0.15) is 0 Å². The first kappa shape index (κ1) is 15.3. The van der Waals surface area contributed by atoms with Crippen molar-refractivity contribution in [2.24, 2.45) is 0 Å². The third kappa shape index (κ3) is 3.93. The highest BCUT2D eigenvalue weighted by Gasteiger charge is 2.13. The number of para-hydroxylation sites is 3. The average Bonchev–Trinajstić information content (AvgIpc) is 2.53. The van der Waals surface area contributed by atoms with Gasteiger partial charge in [-0.2, -0.15) is 0 Å². The summed E-state index contributed by atoms with van der Waals surface area (Å²) >= 11 is 5.46. The van der Waals surface area contributed by atoms with Crippen LogP contribution in [0.2, 0.25) is 0 Å². The van der Waals surface area contributed by atoms with E-state index in [-0.39, 0.29) is 6.61 Å². The summed E-state index contributed by atoms with van der Waals surface area (Å²) in [6, 6.07) is 17.3. The molecule has 0 aromatic heterocycles. The van der Waals surface area contributed by atoms with Gasteiger partial charge in [0.2, 0.25) is 0 Å². The van der Waals surface area contributed by atoms with Crippen molar-refractivity contribution in [2.75, 3.05) is 30.5 Å². The van der Waals surface area contributed by atoms with Crippen LogP contribution in [0.25, 0.3) is 0 Å². The topological polar surface area (TPSA) is 44.7 Å². The monoisotopic (exact) mass is 302 g/mol. The molecule has 0 fully saturated rings. The van der Waals surface area contributed by atoms with E-state index in [2.05, 4.69) is 5.32 Å². The second-order valence-corrected chi connectivity index (χ2v) is 4.73. The first-order valence-electron chi connectivity index (χ1n) is 6.63. The van der Waals surface area contributed by atoms with E-state index in [9.17, 15) is 5.11 Å². The second kappa shape index (κ2) is 7.61. The quantitative estimate of drug-likeness (QED) is 0.832. The summed E-state index contributed by atoms with van der Waals surface area (Å²) in [4.78, 5) is 1.85. The minimum absolute atomic E-state index is 0.0165. The summed E-state index contributed by atoms with van der Waals surface area (Å²) in [5, 5.41) is 12.9. The predicted molar refractivity (Wildman–Crippen MR) is 90.1 cm³/mol. The normalized spacial score (nSPS) is 10.0. The van der Waals surface area contributed by atoms with Crippen molar-refractivity contribution < 1.29 is 9.84 Å². The second-order valence-electron chi connectivity index (χ2n) is 4.34. The van der Waals surface area contributed by atoms with Crippen LogP contribution in [-0.2, 0) is 0 Å². The van der Waals surface area contributed by atoms with Crippen LogP contribution in [0.4, 0.5) is 11.4 Å². The maximum Gasteiger partial charge on any atom is 0.178 e. The molecule has 0 saturated heterocycles. The van der Waals surface area contributed by atoms with Gasteiger partial charge in [0.25, 0.3) is 0 Å². The molecule has 0 spiro atoms. The number of nitrogens with zero attached hydrogens (tertiary/aromatic N) is 1. The molecule has 110 valence electrons. The fourth-order valence-electron chi connectivity index (χ4n) is 1.99. The van der Waals surface area contributed by atoms with E-state index in [1.165, 1.54) is 0 Å². The molecule has 0 amide bonds. The Hall–Kier alpha value is -2.11. The van der Waals surface area contributed by atoms with Crippen molar-refractivity contribution in [1.82, 2.24) is 0 Å². The zero-order valence-corrected chi connectivity index (χ0v) is 12.6. The molecular formula is C16H18N2O2S. The van der Waals surface area contributed by atoms with Gasteiger partial charge in [0.15, 0.2) is 5.11 Å². The number of anilines is 2. The Morgan fingerprint density at radius 2 is 1.81 bits per heavy atom. The Bertz CT molecular complexity index is 590. The maximum absolute atomic E-state index is 9.26. The van der Waals surface area contributed by atoms with Gasteiger partial charge in [-0.05, 0) is 36.5 Å². The van der Waals surface area contributed by atoms with Crippen molar-refractivity contribution in [2.45, 2.75) is 0 Å². The number of ether oxygens (including phenoxy) is 1. The molecule has 0 aliphatic carbocycles. The first-order chi connectivity index (χ1) is 10.3. The minimum Gasteiger partial charge on any atom is -0.495 e. The van der Waals surface area contributed by atoms with E-state index >= 15 is 0 Å². The summed E-state index contributed by atoms with van der Waals surface area (Å²) in [5.74, 6) is 0.719. The van der Waals surface area contributed by atoms with Crippen molar-refractivity contribution in [3.05, 3.63) is 54.6 Å². The first-order valence-corrected chi connectivity index (χ1v) is 7.04. The van der Waals surface area contributed by atoms with Crippen LogP contribution in [-0.4, -0.2) is 30.5 Å². The standard InChI is InChI=1S/C16H18N2O2S/c1-20-15-10-6-5-9-14(15)17-16(21)18(11-12-19)13-7-3-2-4-8-13/h2-10,19H,11-12H2,1H3,(H,17,21). The lowest BCUT2D eigenvalue weighted by molar-refractivity contribution is 0.306. The number of aliphatic hydroxyl groups excluding tert-OH is 1. The van der Waals surface area contributed by atoms with Gasteiger partial charge in [-0.15, -0.1) is 0 Å². The van der Waals surface area contributed by atoms with Crippen LogP contribution in [0.5, 0.6) is 5.75 Å². The fourth-order valence-corrected chi connectivity index (χ4v) is 2.29. The van der Waals surface area contributed by atoms with Crippen LogP contribution in [0.15, 0.2) is 54.6 Å². The highest BCUT2D eigenvalue weighted by atomic mass is 32.1. The number of rotatable bonds is 5. The summed E-state index contributed by atoms with van der Waals surface area (Å²) in [5.41, 5.74) is 1.72. The fraction of sp³-hybridized carbons (Fsp3) is 0.188. The highest BCUT2D eigenvalue weighted by molar-refractivity contribution is 7.80. The molecule has 0 unspecified atom stereocenters. The van der Waals surface area contributed by atoms with Crippen molar-refractivity contribution in [3.8, 4) is 5.75 Å². The zero-order chi connectivity index (χ0) is 15.1. The number of nitrogens with one attached hydrogen (secondary N) is 1. The largest absolute Gasteiger partial charge is 0.495 e.